The van der Waals surface area contributed by atoms with Crippen LogP contribution in [0.25, 0.3) is 11.5 Å². The van der Waals surface area contributed by atoms with Crippen LogP contribution in [-0.4, -0.2) is 67.9 Å². The predicted molar refractivity (Wildman–Crippen MR) is 127 cm³/mol. The van der Waals surface area contributed by atoms with E-state index < -0.39 is 5.97 Å². The first-order valence-corrected chi connectivity index (χ1v) is 12.1. The van der Waals surface area contributed by atoms with Crippen LogP contribution in [0.3, 0.4) is 0 Å². The summed E-state index contributed by atoms with van der Waals surface area (Å²) in [6, 6.07) is 0. The van der Waals surface area contributed by atoms with Crippen LogP contribution in [0.1, 0.15) is 38.7 Å². The number of halogens is 2. The Hall–Kier alpha value is -2.28. The van der Waals surface area contributed by atoms with Crippen LogP contribution in [0.5, 0.6) is 0 Å². The number of nitrogens with zero attached hydrogens (tertiary/aromatic N) is 5. The minimum Gasteiger partial charge on any atom is -0.477 e. The Morgan fingerprint density at radius 1 is 1.45 bits per heavy atom. The molecule has 1 aliphatic heterocycles. The van der Waals surface area contributed by atoms with Gasteiger partial charge in [-0.25, -0.2) is 19.4 Å². The fraction of sp³-hybridized carbons (Fsp3) is 0.450. The molecule has 0 aromatic carbocycles. The Morgan fingerprint density at radius 3 is 2.79 bits per heavy atom. The summed E-state index contributed by atoms with van der Waals surface area (Å²) in [4.78, 5) is 38.6. The van der Waals surface area contributed by atoms with Gasteiger partial charge in [-0.1, -0.05) is 22.9 Å². The normalized spacial score (nSPS) is 18.6. The second-order valence-electron chi connectivity index (χ2n) is 7.84. The molecule has 0 radical (unpaired) electrons. The lowest BCUT2D eigenvalue weighted by molar-refractivity contribution is 0.0375. The molecule has 0 unspecified atom stereocenters. The van der Waals surface area contributed by atoms with Gasteiger partial charge in [0, 0.05) is 39.4 Å². The third-order valence-corrected chi connectivity index (χ3v) is 8.48. The van der Waals surface area contributed by atoms with Gasteiger partial charge in [-0.3, -0.25) is 4.79 Å². The molecule has 33 heavy (non-hydrogen) atoms. The van der Waals surface area contributed by atoms with E-state index in [2.05, 4.69) is 36.0 Å². The summed E-state index contributed by atoms with van der Waals surface area (Å²) in [5.74, 6) is -0.747. The fourth-order valence-electron chi connectivity index (χ4n) is 3.99. The van der Waals surface area contributed by atoms with Crippen LogP contribution < -0.4 is 4.90 Å². The number of carbonyl (C=O) groups excluding carboxylic acids is 1. The molecule has 0 bridgehead atoms. The zero-order valence-electron chi connectivity index (χ0n) is 18.1. The number of hydrogen-bond acceptors (Lipinski definition) is 8. The van der Waals surface area contributed by atoms with Gasteiger partial charge >= 0.3 is 5.97 Å². The summed E-state index contributed by atoms with van der Waals surface area (Å²) in [6.45, 7) is 2.95. The van der Waals surface area contributed by atoms with Gasteiger partial charge in [0.2, 0.25) is 0 Å². The highest BCUT2D eigenvalue weighted by atomic mass is 79.9. The second-order valence-corrected chi connectivity index (χ2v) is 9.98. The monoisotopic (exact) mass is 556 g/mol. The number of anilines is 1. The molecule has 2 atom stereocenters. The third kappa shape index (κ3) is 4.57. The quantitative estimate of drug-likeness (QED) is 0.420. The summed E-state index contributed by atoms with van der Waals surface area (Å²) in [5.41, 5.74) is 1.49. The summed E-state index contributed by atoms with van der Waals surface area (Å²) in [6.07, 6.45) is 2.11. The van der Waals surface area contributed by atoms with E-state index in [0.717, 1.165) is 17.0 Å². The number of nitrogens with one attached hydrogen (secondary N) is 1. The maximum Gasteiger partial charge on any atom is 0.348 e. The topological polar surface area (TPSA) is 126 Å². The number of ether oxygens (including phenoxy) is 1. The number of ketones is 1. The molecule has 0 aliphatic carbocycles. The molecule has 0 spiro atoms. The first-order valence-electron chi connectivity index (χ1n) is 10.1. The van der Waals surface area contributed by atoms with Crippen LogP contribution in [0.15, 0.2) is 10.8 Å². The molecule has 4 rings (SSSR count). The van der Waals surface area contributed by atoms with Gasteiger partial charge in [0.15, 0.2) is 16.7 Å². The van der Waals surface area contributed by atoms with Crippen LogP contribution >= 0.6 is 38.9 Å². The van der Waals surface area contributed by atoms with Crippen LogP contribution in [0.4, 0.5) is 5.13 Å². The molecule has 2 N–H and O–H groups in total. The highest BCUT2D eigenvalue weighted by Gasteiger charge is 2.34. The Kier molecular flexibility index (Phi) is 6.89. The Bertz CT molecular complexity index is 1210. The lowest BCUT2D eigenvalue weighted by atomic mass is 9.88. The Labute approximate surface area is 207 Å². The fourth-order valence-corrected chi connectivity index (χ4v) is 5.52. The molecule has 13 heteroatoms. The SMILES string of the molecule is CO[C@H]1CN(c2nc(-c3ncnn3C)c(C(=O)O)s2)CC[C@H]1CC(=O)c1[nH]c(C)c(Br)c1Cl. The van der Waals surface area contributed by atoms with Gasteiger partial charge in [0.1, 0.15) is 22.6 Å². The number of aryl methyl sites for hydroxylation is 2. The summed E-state index contributed by atoms with van der Waals surface area (Å²) in [7, 11) is 3.30. The van der Waals surface area contributed by atoms with Crippen LogP contribution in [-0.2, 0) is 11.8 Å². The third-order valence-electron chi connectivity index (χ3n) is 5.78. The molecule has 0 amide bonds. The number of aromatic nitrogens is 5. The van der Waals surface area contributed by atoms with E-state index in [-0.39, 0.29) is 28.4 Å². The van der Waals surface area contributed by atoms with Gasteiger partial charge in [-0.2, -0.15) is 5.10 Å². The van der Waals surface area contributed by atoms with E-state index in [1.54, 1.807) is 14.2 Å². The van der Waals surface area contributed by atoms with Crippen molar-refractivity contribution < 1.29 is 19.4 Å². The van der Waals surface area contributed by atoms with Crippen molar-refractivity contribution in [2.45, 2.75) is 25.9 Å². The standard InChI is InChI=1S/C20H22BrClN6O4S/c1-9-13(21)14(22)15(25-9)11(29)6-10-4-5-28(7-12(10)32-3)20-26-16(17(33-20)19(30)31)18-23-8-24-27(18)2/h8,10,12,25H,4-7H2,1-3H3,(H,30,31)/t10-,12-/m0/s1. The molecule has 4 heterocycles. The first-order chi connectivity index (χ1) is 15.7. The molecule has 1 saturated heterocycles. The highest BCUT2D eigenvalue weighted by molar-refractivity contribution is 9.10. The number of rotatable bonds is 7. The number of aromatic amines is 1. The van der Waals surface area contributed by atoms with Crippen molar-refractivity contribution in [3.63, 3.8) is 0 Å². The largest absolute Gasteiger partial charge is 0.477 e. The zero-order valence-corrected chi connectivity index (χ0v) is 21.3. The molecular weight excluding hydrogens is 536 g/mol. The van der Waals surface area contributed by atoms with Crippen molar-refractivity contribution in [3.05, 3.63) is 32.1 Å². The lowest BCUT2D eigenvalue weighted by Crippen LogP contribution is -2.45. The van der Waals surface area contributed by atoms with Gasteiger partial charge in [0.05, 0.1) is 15.6 Å². The van der Waals surface area contributed by atoms with E-state index in [4.69, 9.17) is 16.3 Å². The van der Waals surface area contributed by atoms with Crippen molar-refractivity contribution in [2.24, 2.45) is 13.0 Å². The number of piperidine rings is 1. The van der Waals surface area contributed by atoms with Crippen molar-refractivity contribution in [1.82, 2.24) is 24.7 Å². The summed E-state index contributed by atoms with van der Waals surface area (Å²) >= 11 is 10.8. The number of carboxylic acid groups (broad SMARTS) is 1. The lowest BCUT2D eigenvalue weighted by Gasteiger charge is -2.37. The van der Waals surface area contributed by atoms with Crippen molar-refractivity contribution >= 4 is 55.8 Å². The average molecular weight is 558 g/mol. The molecule has 3 aromatic rings. The average Bonchev–Trinajstić information content (AvgIpc) is 3.48. The molecule has 1 aliphatic rings. The Balaban J connectivity index is 1.52. The molecular formula is C20H22BrClN6O4S. The number of thiazole rings is 1. The number of carboxylic acids is 1. The van der Waals surface area contributed by atoms with E-state index in [0.29, 0.717) is 52.1 Å². The van der Waals surface area contributed by atoms with Gasteiger partial charge in [-0.05, 0) is 35.2 Å². The van der Waals surface area contributed by atoms with Crippen molar-refractivity contribution in [1.29, 1.82) is 0 Å². The van der Waals surface area contributed by atoms with E-state index >= 15 is 0 Å². The summed E-state index contributed by atoms with van der Waals surface area (Å²) < 4.78 is 7.90. The molecule has 3 aromatic heterocycles. The maximum absolute atomic E-state index is 12.9. The van der Waals surface area contributed by atoms with Gasteiger partial charge in [-0.15, -0.1) is 0 Å². The molecule has 1 fully saturated rings. The van der Waals surface area contributed by atoms with E-state index in [1.165, 1.54) is 11.0 Å². The number of methoxy groups -OCH3 is 1. The Morgan fingerprint density at radius 2 is 2.21 bits per heavy atom. The minimum absolute atomic E-state index is 0.00526. The zero-order chi connectivity index (χ0) is 23.9. The molecule has 0 saturated carbocycles. The van der Waals surface area contributed by atoms with Crippen molar-refractivity contribution in [3.8, 4) is 11.5 Å². The smallest absolute Gasteiger partial charge is 0.348 e. The predicted octanol–water partition coefficient (Wildman–Crippen LogP) is 3.80. The van der Waals surface area contributed by atoms with Crippen LogP contribution in [0, 0.1) is 12.8 Å². The number of aromatic carboxylic acids is 1. The minimum atomic E-state index is -1.06. The van der Waals surface area contributed by atoms with Crippen LogP contribution in [0.2, 0.25) is 5.02 Å². The molecule has 10 nitrogen and oxygen atoms in total. The molecule has 176 valence electrons. The second kappa shape index (κ2) is 9.53. The van der Waals surface area contributed by atoms with Gasteiger partial charge < -0.3 is 19.7 Å². The first kappa shape index (κ1) is 23.9. The maximum atomic E-state index is 12.9. The summed E-state index contributed by atoms with van der Waals surface area (Å²) in [5, 5.41) is 14.7. The van der Waals surface area contributed by atoms with E-state index in [9.17, 15) is 14.7 Å². The number of carbonyl (C=O) groups is 2. The van der Waals surface area contributed by atoms with Crippen molar-refractivity contribution in [2.75, 3.05) is 25.1 Å². The number of hydrogen-bond donors (Lipinski definition) is 2. The number of H-pyrrole nitrogens is 1. The van der Waals surface area contributed by atoms with Gasteiger partial charge in [0.25, 0.3) is 0 Å². The van der Waals surface area contributed by atoms with E-state index in [1.807, 2.05) is 11.8 Å². The highest BCUT2D eigenvalue weighted by Crippen LogP contribution is 2.36. The number of Topliss-reactive ketones (excluding diaryl/α,β-unsaturated/α-hetero) is 1.